The molecule has 0 spiro atoms. The summed E-state index contributed by atoms with van der Waals surface area (Å²) in [4.78, 5) is 16.0. The van der Waals surface area contributed by atoms with E-state index in [9.17, 15) is 0 Å². The van der Waals surface area contributed by atoms with E-state index in [1.165, 1.54) is 31.2 Å². The Hall–Kier alpha value is -2.15. The first-order chi connectivity index (χ1) is 13.7. The van der Waals surface area contributed by atoms with Crippen LogP contribution >= 0.6 is 11.3 Å². The van der Waals surface area contributed by atoms with Gasteiger partial charge in [-0.1, -0.05) is 26.7 Å². The Kier molecular flexibility index (Phi) is 7.65. The van der Waals surface area contributed by atoms with Crippen molar-refractivity contribution in [3.63, 3.8) is 0 Å². The maximum Gasteiger partial charge on any atom is 0.191 e. The van der Waals surface area contributed by atoms with Crippen molar-refractivity contribution in [2.24, 2.45) is 4.99 Å². The highest BCUT2D eigenvalue weighted by Crippen LogP contribution is 2.19. The van der Waals surface area contributed by atoms with Gasteiger partial charge >= 0.3 is 0 Å². The van der Waals surface area contributed by atoms with Crippen LogP contribution in [0.5, 0.6) is 0 Å². The maximum absolute atomic E-state index is 4.66. The number of hydrogen-bond acceptors (Lipinski definition) is 5. The number of aromatic nitrogens is 2. The lowest BCUT2D eigenvalue weighted by Gasteiger charge is -2.22. The van der Waals surface area contributed by atoms with Crippen LogP contribution in [0.15, 0.2) is 28.7 Å². The van der Waals surface area contributed by atoms with Gasteiger partial charge in [-0.15, -0.1) is 11.3 Å². The summed E-state index contributed by atoms with van der Waals surface area (Å²) in [7, 11) is 1.80. The minimum absolute atomic E-state index is 0.465. The maximum atomic E-state index is 4.66. The number of pyridine rings is 1. The van der Waals surface area contributed by atoms with Crippen molar-refractivity contribution in [2.75, 3.05) is 25.0 Å². The average molecular weight is 401 g/mol. The zero-order chi connectivity index (χ0) is 19.8. The fourth-order valence-electron chi connectivity index (χ4n) is 3.28. The van der Waals surface area contributed by atoms with Crippen LogP contribution in [-0.2, 0) is 13.1 Å². The van der Waals surface area contributed by atoms with Gasteiger partial charge in [0.2, 0.25) is 0 Å². The van der Waals surface area contributed by atoms with Crippen LogP contribution in [0.25, 0.3) is 0 Å². The third kappa shape index (κ3) is 5.92. The molecule has 0 saturated carbocycles. The number of thiazole rings is 1. The Balaban J connectivity index is 1.52. The molecule has 1 aliphatic rings. The van der Waals surface area contributed by atoms with Crippen LogP contribution < -0.4 is 15.5 Å². The van der Waals surface area contributed by atoms with Crippen LogP contribution in [0.3, 0.4) is 0 Å². The van der Waals surface area contributed by atoms with Crippen LogP contribution in [0.4, 0.5) is 5.82 Å². The number of guanidine groups is 1. The molecule has 6 nitrogen and oxygen atoms in total. The second kappa shape index (κ2) is 10.4. The molecule has 0 unspecified atom stereocenters. The fraction of sp³-hybridized carbons (Fsp3) is 0.571. The summed E-state index contributed by atoms with van der Waals surface area (Å²) >= 11 is 1.69. The van der Waals surface area contributed by atoms with E-state index in [0.29, 0.717) is 12.5 Å². The van der Waals surface area contributed by atoms with Gasteiger partial charge in [0.25, 0.3) is 0 Å². The second-order valence-electron chi connectivity index (χ2n) is 7.52. The summed E-state index contributed by atoms with van der Waals surface area (Å²) in [6.45, 7) is 7.96. The summed E-state index contributed by atoms with van der Waals surface area (Å²) in [6, 6.07) is 4.26. The first-order valence-electron chi connectivity index (χ1n) is 10.2. The van der Waals surface area contributed by atoms with Crippen LogP contribution in [0.2, 0.25) is 0 Å². The molecular weight excluding hydrogens is 368 g/mol. The number of nitrogens with one attached hydrogen (secondary N) is 2. The highest BCUT2D eigenvalue weighted by Gasteiger charge is 2.11. The number of hydrogen-bond donors (Lipinski definition) is 2. The molecule has 0 aromatic carbocycles. The van der Waals surface area contributed by atoms with Crippen LogP contribution in [-0.4, -0.2) is 36.1 Å². The molecule has 3 rings (SSSR count). The molecule has 0 aliphatic carbocycles. The smallest absolute Gasteiger partial charge is 0.191 e. The van der Waals surface area contributed by atoms with Gasteiger partial charge < -0.3 is 15.5 Å². The van der Waals surface area contributed by atoms with Crippen molar-refractivity contribution in [2.45, 2.75) is 58.5 Å². The molecule has 1 fully saturated rings. The quantitative estimate of drug-likeness (QED) is 0.569. The zero-order valence-corrected chi connectivity index (χ0v) is 18.1. The summed E-state index contributed by atoms with van der Waals surface area (Å²) < 4.78 is 0. The minimum atomic E-state index is 0.465. The van der Waals surface area contributed by atoms with E-state index in [2.05, 4.69) is 61.9 Å². The Labute approximate surface area is 172 Å². The van der Waals surface area contributed by atoms with Gasteiger partial charge in [-0.05, 0) is 36.5 Å². The van der Waals surface area contributed by atoms with E-state index in [0.717, 1.165) is 42.1 Å². The van der Waals surface area contributed by atoms with E-state index >= 15 is 0 Å². The number of rotatable bonds is 6. The first-order valence-corrected chi connectivity index (χ1v) is 11.1. The standard InChI is InChI=1S/C21H32N6S/c1-16(2)18-15-28-20(26-18)14-25-21(22-3)24-13-17-8-9-23-19(12-17)27-10-6-4-5-7-11-27/h8-9,12,15-16H,4-7,10-11,13-14H2,1-3H3,(H2,22,24,25). The van der Waals surface area contributed by atoms with Crippen molar-refractivity contribution in [1.29, 1.82) is 0 Å². The van der Waals surface area contributed by atoms with Gasteiger partial charge in [0.05, 0.1) is 12.2 Å². The van der Waals surface area contributed by atoms with Crippen LogP contribution in [0.1, 0.15) is 61.7 Å². The largest absolute Gasteiger partial charge is 0.357 e. The fourth-order valence-corrected chi connectivity index (χ4v) is 4.18. The van der Waals surface area contributed by atoms with E-state index in [-0.39, 0.29) is 0 Å². The molecule has 0 amide bonds. The molecule has 152 valence electrons. The summed E-state index contributed by atoms with van der Waals surface area (Å²) in [5.41, 5.74) is 2.37. The number of anilines is 1. The molecule has 2 aromatic rings. The second-order valence-corrected chi connectivity index (χ2v) is 8.47. The molecule has 3 heterocycles. The molecule has 1 aliphatic heterocycles. The van der Waals surface area contributed by atoms with Gasteiger partial charge in [0, 0.05) is 38.3 Å². The Morgan fingerprint density at radius 2 is 1.93 bits per heavy atom. The zero-order valence-electron chi connectivity index (χ0n) is 17.2. The van der Waals surface area contributed by atoms with E-state index < -0.39 is 0 Å². The third-order valence-corrected chi connectivity index (χ3v) is 5.86. The van der Waals surface area contributed by atoms with Gasteiger partial charge in [-0.3, -0.25) is 4.99 Å². The lowest BCUT2D eigenvalue weighted by atomic mass is 10.2. The molecule has 28 heavy (non-hydrogen) atoms. The normalized spacial score (nSPS) is 15.6. The van der Waals surface area contributed by atoms with Crippen molar-refractivity contribution < 1.29 is 0 Å². The monoisotopic (exact) mass is 400 g/mol. The average Bonchev–Trinajstić information content (AvgIpc) is 3.02. The SMILES string of the molecule is CN=C(NCc1ccnc(N2CCCCCC2)c1)NCc1nc(C(C)C)cs1. The van der Waals surface area contributed by atoms with E-state index in [4.69, 9.17) is 0 Å². The topological polar surface area (TPSA) is 65.4 Å². The molecule has 0 atom stereocenters. The number of nitrogens with zero attached hydrogens (tertiary/aromatic N) is 4. The Bertz CT molecular complexity index is 762. The highest BCUT2D eigenvalue weighted by atomic mass is 32.1. The molecule has 7 heteroatoms. The van der Waals surface area contributed by atoms with E-state index in [1.807, 2.05) is 6.20 Å². The highest BCUT2D eigenvalue weighted by molar-refractivity contribution is 7.09. The first kappa shape index (κ1) is 20.6. The predicted molar refractivity (Wildman–Crippen MR) is 118 cm³/mol. The molecule has 0 radical (unpaired) electrons. The molecule has 2 aromatic heterocycles. The Morgan fingerprint density at radius 1 is 1.18 bits per heavy atom. The molecule has 0 bridgehead atoms. The lowest BCUT2D eigenvalue weighted by molar-refractivity contribution is 0.726. The van der Waals surface area contributed by atoms with E-state index in [1.54, 1.807) is 18.4 Å². The van der Waals surface area contributed by atoms with Gasteiger partial charge in [0.15, 0.2) is 5.96 Å². The van der Waals surface area contributed by atoms with Crippen molar-refractivity contribution in [3.05, 3.63) is 40.0 Å². The summed E-state index contributed by atoms with van der Waals surface area (Å²) in [5.74, 6) is 2.34. The number of aliphatic imine (C=N–C) groups is 1. The minimum Gasteiger partial charge on any atom is -0.357 e. The predicted octanol–water partition coefficient (Wildman–Crippen LogP) is 3.91. The van der Waals surface area contributed by atoms with Gasteiger partial charge in [-0.2, -0.15) is 0 Å². The Morgan fingerprint density at radius 3 is 2.61 bits per heavy atom. The van der Waals surface area contributed by atoms with Crippen molar-refractivity contribution >= 4 is 23.1 Å². The lowest BCUT2D eigenvalue weighted by Crippen LogP contribution is -2.36. The van der Waals surface area contributed by atoms with Crippen molar-refractivity contribution in [1.82, 2.24) is 20.6 Å². The van der Waals surface area contributed by atoms with Crippen molar-refractivity contribution in [3.8, 4) is 0 Å². The molecule has 2 N–H and O–H groups in total. The molecule has 1 saturated heterocycles. The third-order valence-electron chi connectivity index (χ3n) is 4.99. The molecular formula is C21H32N6S. The van der Waals surface area contributed by atoms with Gasteiger partial charge in [0.1, 0.15) is 10.8 Å². The van der Waals surface area contributed by atoms with Crippen LogP contribution in [0, 0.1) is 0 Å². The van der Waals surface area contributed by atoms with Gasteiger partial charge in [-0.25, -0.2) is 9.97 Å². The summed E-state index contributed by atoms with van der Waals surface area (Å²) in [6.07, 6.45) is 7.09. The summed E-state index contributed by atoms with van der Waals surface area (Å²) in [5, 5.41) is 9.97.